The summed E-state index contributed by atoms with van der Waals surface area (Å²) in [4.78, 5) is 26.3. The van der Waals surface area contributed by atoms with Crippen LogP contribution in [0, 0.1) is 6.92 Å². The van der Waals surface area contributed by atoms with E-state index < -0.39 is 6.04 Å². The van der Waals surface area contributed by atoms with Gasteiger partial charge < -0.3 is 20.3 Å². The topological polar surface area (TPSA) is 70.7 Å². The average Bonchev–Trinajstić information content (AvgIpc) is 2.67. The van der Waals surface area contributed by atoms with Crippen LogP contribution in [0.4, 0.5) is 0 Å². The number of rotatable bonds is 4. The van der Waals surface area contributed by atoms with Crippen LogP contribution in [0.3, 0.4) is 0 Å². The van der Waals surface area contributed by atoms with Gasteiger partial charge in [-0.15, -0.1) is 0 Å². The Morgan fingerprint density at radius 1 is 1.27 bits per heavy atom. The minimum Gasteiger partial charge on any atom is -0.381 e. The molecule has 1 aromatic carbocycles. The molecule has 1 aromatic rings. The van der Waals surface area contributed by atoms with E-state index in [0.29, 0.717) is 32.8 Å². The maximum absolute atomic E-state index is 12.8. The SMILES string of the molecule is CC(=O)N1CCNC[C@H]1C(=O)NCC1(c2ccc(C)cc2)CCOCC1. The number of carbonyl (C=O) groups excluding carboxylic acids is 2. The molecule has 2 aliphatic heterocycles. The van der Waals surface area contributed by atoms with Crippen LogP contribution in [-0.4, -0.2) is 62.1 Å². The van der Waals surface area contributed by atoms with Crippen molar-refractivity contribution in [2.24, 2.45) is 0 Å². The second-order valence-corrected chi connectivity index (χ2v) is 7.41. The van der Waals surface area contributed by atoms with E-state index in [1.54, 1.807) is 4.90 Å². The summed E-state index contributed by atoms with van der Waals surface area (Å²) in [6, 6.07) is 8.14. The summed E-state index contributed by atoms with van der Waals surface area (Å²) in [5.41, 5.74) is 2.37. The Hall–Kier alpha value is -1.92. The molecule has 2 amide bonds. The summed E-state index contributed by atoms with van der Waals surface area (Å²) in [6.45, 7) is 7.39. The zero-order valence-electron chi connectivity index (χ0n) is 15.7. The van der Waals surface area contributed by atoms with Crippen molar-refractivity contribution in [1.82, 2.24) is 15.5 Å². The fraction of sp³-hybridized carbons (Fsp3) is 0.600. The molecule has 2 saturated heterocycles. The molecule has 0 radical (unpaired) electrons. The lowest BCUT2D eigenvalue weighted by atomic mass is 9.74. The molecule has 0 aliphatic carbocycles. The summed E-state index contributed by atoms with van der Waals surface area (Å²) < 4.78 is 5.57. The molecule has 0 spiro atoms. The van der Waals surface area contributed by atoms with Crippen LogP contribution in [0.5, 0.6) is 0 Å². The van der Waals surface area contributed by atoms with Gasteiger partial charge in [0.1, 0.15) is 6.04 Å². The molecule has 2 aliphatic rings. The van der Waals surface area contributed by atoms with Crippen LogP contribution in [0.25, 0.3) is 0 Å². The highest BCUT2D eigenvalue weighted by Crippen LogP contribution is 2.34. The van der Waals surface area contributed by atoms with E-state index in [4.69, 9.17) is 4.74 Å². The van der Waals surface area contributed by atoms with Crippen LogP contribution in [-0.2, 0) is 19.7 Å². The molecule has 0 bridgehead atoms. The first kappa shape index (κ1) is 18.9. The Morgan fingerprint density at radius 3 is 2.62 bits per heavy atom. The van der Waals surface area contributed by atoms with Crippen LogP contribution in [0.1, 0.15) is 30.9 Å². The van der Waals surface area contributed by atoms with Crippen LogP contribution < -0.4 is 10.6 Å². The zero-order chi connectivity index (χ0) is 18.6. The first-order valence-electron chi connectivity index (χ1n) is 9.42. The molecule has 6 nitrogen and oxygen atoms in total. The van der Waals surface area contributed by atoms with Crippen LogP contribution in [0.2, 0.25) is 0 Å². The number of hydrogen-bond donors (Lipinski definition) is 2. The van der Waals surface area contributed by atoms with Gasteiger partial charge in [0.15, 0.2) is 0 Å². The van der Waals surface area contributed by atoms with Gasteiger partial charge in [-0.2, -0.15) is 0 Å². The summed E-state index contributed by atoms with van der Waals surface area (Å²) >= 11 is 0. The van der Waals surface area contributed by atoms with Gasteiger partial charge in [0.2, 0.25) is 11.8 Å². The molecule has 26 heavy (non-hydrogen) atoms. The van der Waals surface area contributed by atoms with E-state index >= 15 is 0 Å². The number of nitrogens with one attached hydrogen (secondary N) is 2. The maximum Gasteiger partial charge on any atom is 0.244 e. The predicted octanol–water partition coefficient (Wildman–Crippen LogP) is 0.980. The molecule has 6 heteroatoms. The molecule has 2 N–H and O–H groups in total. The van der Waals surface area contributed by atoms with Crippen molar-refractivity contribution in [1.29, 1.82) is 0 Å². The highest BCUT2D eigenvalue weighted by molar-refractivity contribution is 5.87. The molecule has 0 unspecified atom stereocenters. The van der Waals surface area contributed by atoms with Gasteiger partial charge in [0, 0.05) is 51.7 Å². The van der Waals surface area contributed by atoms with Crippen molar-refractivity contribution in [3.05, 3.63) is 35.4 Å². The second kappa shape index (κ2) is 8.18. The Bertz CT molecular complexity index is 638. The molecule has 0 aromatic heterocycles. The Kier molecular flexibility index (Phi) is 5.94. The number of benzene rings is 1. The number of amides is 2. The second-order valence-electron chi connectivity index (χ2n) is 7.41. The number of piperazine rings is 1. The van der Waals surface area contributed by atoms with E-state index in [1.165, 1.54) is 18.1 Å². The van der Waals surface area contributed by atoms with Crippen molar-refractivity contribution in [2.75, 3.05) is 39.4 Å². The van der Waals surface area contributed by atoms with Crippen molar-refractivity contribution in [3.63, 3.8) is 0 Å². The van der Waals surface area contributed by atoms with E-state index in [9.17, 15) is 9.59 Å². The third-order valence-electron chi connectivity index (χ3n) is 5.67. The molecule has 142 valence electrons. The first-order chi connectivity index (χ1) is 12.5. The third kappa shape index (κ3) is 4.07. The van der Waals surface area contributed by atoms with E-state index in [2.05, 4.69) is 41.8 Å². The highest BCUT2D eigenvalue weighted by atomic mass is 16.5. The summed E-state index contributed by atoms with van der Waals surface area (Å²) in [5.74, 6) is -0.128. The summed E-state index contributed by atoms with van der Waals surface area (Å²) in [7, 11) is 0. The first-order valence-corrected chi connectivity index (χ1v) is 9.42. The van der Waals surface area contributed by atoms with Crippen molar-refractivity contribution < 1.29 is 14.3 Å². The Morgan fingerprint density at radius 2 is 1.96 bits per heavy atom. The molecular weight excluding hydrogens is 330 g/mol. The third-order valence-corrected chi connectivity index (χ3v) is 5.67. The predicted molar refractivity (Wildman–Crippen MR) is 100.0 cm³/mol. The number of hydrogen-bond acceptors (Lipinski definition) is 4. The fourth-order valence-electron chi connectivity index (χ4n) is 3.93. The van der Waals surface area contributed by atoms with Crippen molar-refractivity contribution in [2.45, 2.75) is 38.1 Å². The van der Waals surface area contributed by atoms with Gasteiger partial charge >= 0.3 is 0 Å². The number of carbonyl (C=O) groups is 2. The summed E-state index contributed by atoms with van der Waals surface area (Å²) in [5, 5.41) is 6.34. The van der Waals surface area contributed by atoms with E-state index in [1.807, 2.05) is 0 Å². The molecule has 2 fully saturated rings. The molecular formula is C20H29N3O3. The molecule has 1 atom stereocenters. The van der Waals surface area contributed by atoms with Crippen molar-refractivity contribution >= 4 is 11.8 Å². The number of aryl methyl sites for hydroxylation is 1. The van der Waals surface area contributed by atoms with Gasteiger partial charge in [-0.25, -0.2) is 0 Å². The smallest absolute Gasteiger partial charge is 0.244 e. The lowest BCUT2D eigenvalue weighted by Gasteiger charge is -2.39. The standard InChI is InChI=1S/C20H29N3O3/c1-15-3-5-17(6-4-15)20(7-11-26-12-8-20)14-22-19(25)18-13-21-9-10-23(18)16(2)24/h3-6,18,21H,7-14H2,1-2H3,(H,22,25)/t18-/m0/s1. The number of nitrogens with zero attached hydrogens (tertiary/aromatic N) is 1. The highest BCUT2D eigenvalue weighted by Gasteiger charge is 2.37. The lowest BCUT2D eigenvalue weighted by molar-refractivity contribution is -0.140. The zero-order valence-corrected chi connectivity index (χ0v) is 15.7. The maximum atomic E-state index is 12.8. The normalized spacial score (nSPS) is 22.7. The molecule has 0 saturated carbocycles. The minimum absolute atomic E-state index is 0.0500. The average molecular weight is 359 g/mol. The fourth-order valence-corrected chi connectivity index (χ4v) is 3.93. The van der Waals surface area contributed by atoms with E-state index in [-0.39, 0.29) is 17.2 Å². The van der Waals surface area contributed by atoms with Gasteiger partial charge in [0.05, 0.1) is 0 Å². The number of ether oxygens (including phenoxy) is 1. The quantitative estimate of drug-likeness (QED) is 0.841. The van der Waals surface area contributed by atoms with Gasteiger partial charge in [-0.3, -0.25) is 9.59 Å². The molecule has 2 heterocycles. The van der Waals surface area contributed by atoms with Gasteiger partial charge in [0.25, 0.3) is 0 Å². The molecule has 3 rings (SSSR count). The van der Waals surface area contributed by atoms with Crippen molar-refractivity contribution in [3.8, 4) is 0 Å². The van der Waals surface area contributed by atoms with Gasteiger partial charge in [-0.1, -0.05) is 29.8 Å². The Labute approximate surface area is 155 Å². The van der Waals surface area contributed by atoms with Gasteiger partial charge in [-0.05, 0) is 25.3 Å². The largest absolute Gasteiger partial charge is 0.381 e. The monoisotopic (exact) mass is 359 g/mol. The van der Waals surface area contributed by atoms with Crippen LogP contribution >= 0.6 is 0 Å². The van der Waals surface area contributed by atoms with E-state index in [0.717, 1.165) is 19.4 Å². The van der Waals surface area contributed by atoms with Crippen LogP contribution in [0.15, 0.2) is 24.3 Å². The summed E-state index contributed by atoms with van der Waals surface area (Å²) in [6.07, 6.45) is 1.77. The Balaban J connectivity index is 1.72. The lowest BCUT2D eigenvalue weighted by Crippen LogP contribution is -2.60. The minimum atomic E-state index is -0.434.